The Balaban J connectivity index is 2.22. The lowest BCUT2D eigenvalue weighted by Crippen LogP contribution is -2.45. The zero-order chi connectivity index (χ0) is 24.3. The van der Waals surface area contributed by atoms with Crippen LogP contribution in [0.3, 0.4) is 0 Å². The Morgan fingerprint density at radius 3 is 2.19 bits per heavy atom. The van der Waals surface area contributed by atoms with Crippen LogP contribution in [0.5, 0.6) is 0 Å². The monoisotopic (exact) mass is 458 g/mol. The second kappa shape index (κ2) is 10.0. The minimum atomic E-state index is -4.58. The van der Waals surface area contributed by atoms with Gasteiger partial charge in [0.2, 0.25) is 0 Å². The first-order chi connectivity index (χ1) is 14.8. The van der Waals surface area contributed by atoms with E-state index in [1.165, 1.54) is 0 Å². The maximum atomic E-state index is 13.5. The molecular formula is C23H33F3N2O4. The third kappa shape index (κ3) is 6.53. The highest BCUT2D eigenvalue weighted by Crippen LogP contribution is 2.37. The second-order valence-electron chi connectivity index (χ2n) is 9.09. The molecule has 0 unspecified atom stereocenters. The predicted octanol–water partition coefficient (Wildman–Crippen LogP) is 5.46. The average Bonchev–Trinajstić information content (AvgIpc) is 2.68. The number of carbonyl (C=O) groups is 2. The topological polar surface area (TPSA) is 67.9 Å². The number of anilines is 1. The second-order valence-corrected chi connectivity index (χ2v) is 9.09. The molecule has 9 heteroatoms. The van der Waals surface area contributed by atoms with Crippen LogP contribution < -0.4 is 10.2 Å². The Hall–Kier alpha value is -2.45. The molecular weight excluding hydrogens is 425 g/mol. The molecule has 2 rings (SSSR count). The van der Waals surface area contributed by atoms with Gasteiger partial charge in [0.25, 0.3) is 0 Å². The molecule has 180 valence electrons. The van der Waals surface area contributed by atoms with Crippen LogP contribution in [0.2, 0.25) is 0 Å². The summed E-state index contributed by atoms with van der Waals surface area (Å²) in [5.74, 6) is -0.795. The van der Waals surface area contributed by atoms with Gasteiger partial charge in [0, 0.05) is 24.3 Å². The first-order valence-electron chi connectivity index (χ1n) is 10.8. The Kier molecular flexibility index (Phi) is 8.07. The Bertz CT molecular complexity index is 826. The van der Waals surface area contributed by atoms with Crippen LogP contribution in [-0.2, 0) is 15.7 Å². The van der Waals surface area contributed by atoms with Crippen LogP contribution in [0.15, 0.2) is 12.1 Å². The summed E-state index contributed by atoms with van der Waals surface area (Å²) in [5.41, 5.74) is -0.709. The normalized spacial score (nSPS) is 19.3. The van der Waals surface area contributed by atoms with E-state index in [4.69, 9.17) is 9.47 Å². The van der Waals surface area contributed by atoms with E-state index in [0.717, 1.165) is 19.2 Å². The number of carbonyl (C=O) groups excluding carboxylic acids is 2. The number of nitrogens with zero attached hydrogens (tertiary/aromatic N) is 1. The first-order valence-corrected chi connectivity index (χ1v) is 10.8. The Morgan fingerprint density at radius 2 is 1.72 bits per heavy atom. The van der Waals surface area contributed by atoms with Crippen molar-refractivity contribution in [1.29, 1.82) is 0 Å². The number of methoxy groups -OCH3 is 1. The van der Waals surface area contributed by atoms with Gasteiger partial charge in [-0.2, -0.15) is 13.2 Å². The zero-order valence-corrected chi connectivity index (χ0v) is 19.6. The van der Waals surface area contributed by atoms with E-state index in [1.54, 1.807) is 27.7 Å². The van der Waals surface area contributed by atoms with Gasteiger partial charge in [-0.3, -0.25) is 0 Å². The van der Waals surface area contributed by atoms with Gasteiger partial charge in [-0.1, -0.05) is 0 Å². The SMILES string of the molecule is CCN(c1cc(C(F)(F)F)cc(C(=O)OC)c1C)C1CCC(NC(=O)OC(C)(C)C)CC1. The van der Waals surface area contributed by atoms with Crippen LogP contribution in [0.25, 0.3) is 0 Å². The van der Waals surface area contributed by atoms with Crippen LogP contribution in [-0.4, -0.2) is 43.4 Å². The molecule has 32 heavy (non-hydrogen) atoms. The van der Waals surface area contributed by atoms with Crippen molar-refractivity contribution in [1.82, 2.24) is 5.32 Å². The van der Waals surface area contributed by atoms with Crippen molar-refractivity contribution in [2.75, 3.05) is 18.6 Å². The van der Waals surface area contributed by atoms with Crippen molar-refractivity contribution in [2.24, 2.45) is 0 Å². The van der Waals surface area contributed by atoms with E-state index in [1.807, 2.05) is 11.8 Å². The van der Waals surface area contributed by atoms with Crippen LogP contribution >= 0.6 is 0 Å². The molecule has 1 aliphatic rings. The van der Waals surface area contributed by atoms with Gasteiger partial charge in [-0.25, -0.2) is 9.59 Å². The molecule has 0 radical (unpaired) electrons. The van der Waals surface area contributed by atoms with Crippen LogP contribution in [0.1, 0.15) is 74.9 Å². The van der Waals surface area contributed by atoms with E-state index in [2.05, 4.69) is 5.32 Å². The number of esters is 1. The largest absolute Gasteiger partial charge is 0.465 e. The summed E-state index contributed by atoms with van der Waals surface area (Å²) in [5, 5.41) is 2.88. The summed E-state index contributed by atoms with van der Waals surface area (Å²) < 4.78 is 50.6. The van der Waals surface area contributed by atoms with E-state index >= 15 is 0 Å². The molecule has 1 fully saturated rings. The highest BCUT2D eigenvalue weighted by atomic mass is 19.4. The molecule has 0 atom stereocenters. The number of alkyl carbamates (subject to hydrolysis) is 1. The van der Waals surface area contributed by atoms with Gasteiger partial charge < -0.3 is 19.7 Å². The average molecular weight is 459 g/mol. The summed E-state index contributed by atoms with van der Waals surface area (Å²) in [6.07, 6.45) is -2.30. The van der Waals surface area contributed by atoms with E-state index in [-0.39, 0.29) is 17.6 Å². The summed E-state index contributed by atoms with van der Waals surface area (Å²) in [6, 6.07) is 1.90. The lowest BCUT2D eigenvalue weighted by atomic mass is 9.89. The maximum Gasteiger partial charge on any atom is 0.416 e. The summed E-state index contributed by atoms with van der Waals surface area (Å²) in [4.78, 5) is 26.1. The van der Waals surface area contributed by atoms with E-state index in [0.29, 0.717) is 43.5 Å². The van der Waals surface area contributed by atoms with E-state index in [9.17, 15) is 22.8 Å². The zero-order valence-electron chi connectivity index (χ0n) is 19.6. The molecule has 1 N–H and O–H groups in total. The number of alkyl halides is 3. The minimum absolute atomic E-state index is 0.00985. The van der Waals surface area contributed by atoms with Gasteiger partial charge in [-0.05, 0) is 78.0 Å². The molecule has 0 spiro atoms. The number of halogens is 3. The van der Waals surface area contributed by atoms with E-state index < -0.39 is 29.4 Å². The molecule has 0 heterocycles. The minimum Gasteiger partial charge on any atom is -0.465 e. The number of ether oxygens (including phenoxy) is 2. The highest BCUT2D eigenvalue weighted by Gasteiger charge is 2.35. The summed E-state index contributed by atoms with van der Waals surface area (Å²) in [6.45, 7) is 9.38. The van der Waals surface area contributed by atoms with Crippen LogP contribution in [0.4, 0.5) is 23.7 Å². The number of benzene rings is 1. The summed E-state index contributed by atoms with van der Waals surface area (Å²) in [7, 11) is 1.15. The lowest BCUT2D eigenvalue weighted by molar-refractivity contribution is -0.137. The quantitative estimate of drug-likeness (QED) is 0.594. The molecule has 1 saturated carbocycles. The number of hydrogen-bond acceptors (Lipinski definition) is 5. The molecule has 0 bridgehead atoms. The van der Waals surface area contributed by atoms with Crippen molar-refractivity contribution in [3.63, 3.8) is 0 Å². The third-order valence-corrected chi connectivity index (χ3v) is 5.62. The Morgan fingerprint density at radius 1 is 1.12 bits per heavy atom. The molecule has 1 aromatic carbocycles. The predicted molar refractivity (Wildman–Crippen MR) is 116 cm³/mol. The maximum absolute atomic E-state index is 13.5. The molecule has 0 aliphatic heterocycles. The number of hydrogen-bond donors (Lipinski definition) is 1. The van der Waals surface area contributed by atoms with Gasteiger partial charge in [-0.15, -0.1) is 0 Å². The molecule has 1 aromatic rings. The van der Waals surface area contributed by atoms with Crippen molar-refractivity contribution < 1.29 is 32.2 Å². The van der Waals surface area contributed by atoms with Gasteiger partial charge in [0.05, 0.1) is 18.2 Å². The van der Waals surface area contributed by atoms with Crippen LogP contribution in [0, 0.1) is 6.92 Å². The summed E-state index contributed by atoms with van der Waals surface area (Å²) >= 11 is 0. The number of amides is 1. The third-order valence-electron chi connectivity index (χ3n) is 5.62. The smallest absolute Gasteiger partial charge is 0.416 e. The standard InChI is InChI=1S/C23H33F3N2O4/c1-7-28(17-10-8-16(9-11-17)27-21(30)32-22(3,4)5)19-13-15(23(24,25)26)12-18(14(19)2)20(29)31-6/h12-13,16-17H,7-11H2,1-6H3,(H,27,30). The molecule has 0 aromatic heterocycles. The van der Waals surface area contributed by atoms with Crippen molar-refractivity contribution >= 4 is 17.7 Å². The van der Waals surface area contributed by atoms with Gasteiger partial charge >= 0.3 is 18.2 Å². The van der Waals surface area contributed by atoms with Crippen molar-refractivity contribution in [3.05, 3.63) is 28.8 Å². The van der Waals surface area contributed by atoms with Crippen molar-refractivity contribution in [3.8, 4) is 0 Å². The Labute approximate surface area is 187 Å². The molecule has 0 saturated heterocycles. The van der Waals surface area contributed by atoms with Gasteiger partial charge in [0.1, 0.15) is 5.60 Å². The fourth-order valence-corrected chi connectivity index (χ4v) is 4.11. The number of rotatable bonds is 5. The molecule has 1 aliphatic carbocycles. The molecule has 1 amide bonds. The fourth-order valence-electron chi connectivity index (χ4n) is 4.11. The highest BCUT2D eigenvalue weighted by molar-refractivity contribution is 5.93. The number of nitrogens with one attached hydrogen (secondary N) is 1. The van der Waals surface area contributed by atoms with Crippen molar-refractivity contribution in [2.45, 2.75) is 84.2 Å². The fraction of sp³-hybridized carbons (Fsp3) is 0.652. The molecule has 6 nitrogen and oxygen atoms in total. The first kappa shape index (κ1) is 25.8. The lowest BCUT2D eigenvalue weighted by Gasteiger charge is -2.39. The van der Waals surface area contributed by atoms with Gasteiger partial charge in [0.15, 0.2) is 0 Å².